The molecular weight excluding hydrogens is 246 g/mol. The van der Waals surface area contributed by atoms with Crippen molar-refractivity contribution in [1.82, 2.24) is 15.3 Å². The van der Waals surface area contributed by atoms with Gasteiger partial charge in [-0.1, -0.05) is 12.1 Å². The second kappa shape index (κ2) is 5.39. The maximum Gasteiger partial charge on any atom is 0.0702 e. The quantitative estimate of drug-likeness (QED) is 0.788. The fourth-order valence-corrected chi connectivity index (χ4v) is 2.58. The molecule has 0 fully saturated rings. The second-order valence-corrected chi connectivity index (χ2v) is 4.91. The number of aromatic nitrogens is 2. The van der Waals surface area contributed by atoms with Crippen molar-refractivity contribution in [3.63, 3.8) is 0 Å². The maximum absolute atomic E-state index is 4.37. The molecule has 0 spiro atoms. The molecule has 0 aliphatic heterocycles. The molecule has 1 atom stereocenters. The number of nitrogens with zero attached hydrogens (tertiary/aromatic N) is 2. The predicted octanol–water partition coefficient (Wildman–Crippen LogP) is 3.25. The van der Waals surface area contributed by atoms with Crippen LogP contribution in [0.2, 0.25) is 0 Å². The van der Waals surface area contributed by atoms with Crippen molar-refractivity contribution in [1.29, 1.82) is 0 Å². The standard InChI is InChI=1S/C17H17N3/c1-12-11-19-9-7-15(12)17(18-2)14-5-6-16-13(10-14)4-3-8-20-16/h3-11,17-18H,1-2H3. The van der Waals surface area contributed by atoms with E-state index in [0.717, 1.165) is 10.9 Å². The molecule has 2 aromatic heterocycles. The summed E-state index contributed by atoms with van der Waals surface area (Å²) in [7, 11) is 1.98. The van der Waals surface area contributed by atoms with Gasteiger partial charge in [0.05, 0.1) is 11.6 Å². The van der Waals surface area contributed by atoms with Gasteiger partial charge in [-0.15, -0.1) is 0 Å². The molecule has 100 valence electrons. The molecule has 2 heterocycles. The molecule has 3 rings (SSSR count). The minimum absolute atomic E-state index is 0.169. The monoisotopic (exact) mass is 263 g/mol. The van der Waals surface area contributed by atoms with Crippen LogP contribution in [0.25, 0.3) is 10.9 Å². The number of hydrogen-bond acceptors (Lipinski definition) is 3. The van der Waals surface area contributed by atoms with Gasteiger partial charge in [-0.05, 0) is 54.9 Å². The topological polar surface area (TPSA) is 37.8 Å². The molecule has 0 saturated carbocycles. The van der Waals surface area contributed by atoms with Crippen molar-refractivity contribution in [2.75, 3.05) is 7.05 Å². The van der Waals surface area contributed by atoms with Gasteiger partial charge in [0.1, 0.15) is 0 Å². The molecule has 0 saturated heterocycles. The van der Waals surface area contributed by atoms with E-state index in [1.165, 1.54) is 16.7 Å². The van der Waals surface area contributed by atoms with E-state index in [0.29, 0.717) is 0 Å². The van der Waals surface area contributed by atoms with Crippen molar-refractivity contribution in [3.05, 3.63) is 71.7 Å². The molecule has 0 radical (unpaired) electrons. The van der Waals surface area contributed by atoms with Crippen LogP contribution in [0, 0.1) is 6.92 Å². The van der Waals surface area contributed by atoms with E-state index in [-0.39, 0.29) is 6.04 Å². The van der Waals surface area contributed by atoms with Gasteiger partial charge in [-0.25, -0.2) is 0 Å². The Balaban J connectivity index is 2.10. The number of hydrogen-bond donors (Lipinski definition) is 1. The van der Waals surface area contributed by atoms with Crippen LogP contribution >= 0.6 is 0 Å². The van der Waals surface area contributed by atoms with E-state index in [9.17, 15) is 0 Å². The summed E-state index contributed by atoms with van der Waals surface area (Å²) in [5, 5.41) is 4.56. The predicted molar refractivity (Wildman–Crippen MR) is 81.6 cm³/mol. The smallest absolute Gasteiger partial charge is 0.0702 e. The first-order valence-electron chi connectivity index (χ1n) is 6.72. The van der Waals surface area contributed by atoms with Gasteiger partial charge in [-0.3, -0.25) is 9.97 Å². The molecule has 3 aromatic rings. The summed E-state index contributed by atoms with van der Waals surface area (Å²) in [6, 6.07) is 12.7. The molecular formula is C17H17N3. The Bertz CT molecular complexity index is 737. The Labute approximate surface area is 118 Å². The highest BCUT2D eigenvalue weighted by Gasteiger charge is 2.14. The SMILES string of the molecule is CNC(c1ccc2ncccc2c1)c1ccncc1C. The van der Waals surface area contributed by atoms with Gasteiger partial charge < -0.3 is 5.32 Å². The average Bonchev–Trinajstić information content (AvgIpc) is 2.50. The number of fused-ring (bicyclic) bond motifs is 1. The van der Waals surface area contributed by atoms with Crippen LogP contribution in [0.4, 0.5) is 0 Å². The molecule has 20 heavy (non-hydrogen) atoms. The van der Waals surface area contributed by atoms with Crippen molar-refractivity contribution in [2.45, 2.75) is 13.0 Å². The number of rotatable bonds is 3. The van der Waals surface area contributed by atoms with Crippen LogP contribution in [0.1, 0.15) is 22.7 Å². The van der Waals surface area contributed by atoms with Gasteiger partial charge >= 0.3 is 0 Å². The van der Waals surface area contributed by atoms with E-state index in [2.05, 4.69) is 52.5 Å². The Morgan fingerprint density at radius 3 is 2.80 bits per heavy atom. The zero-order valence-corrected chi connectivity index (χ0v) is 11.7. The van der Waals surface area contributed by atoms with Crippen molar-refractivity contribution in [2.24, 2.45) is 0 Å². The molecule has 0 aliphatic rings. The summed E-state index contributed by atoms with van der Waals surface area (Å²) in [6.07, 6.45) is 5.57. The minimum Gasteiger partial charge on any atom is -0.309 e. The van der Waals surface area contributed by atoms with Crippen LogP contribution in [-0.2, 0) is 0 Å². The molecule has 1 N–H and O–H groups in total. The first-order chi connectivity index (χ1) is 9.79. The fraction of sp³-hybridized carbons (Fsp3) is 0.176. The van der Waals surface area contributed by atoms with Crippen LogP contribution in [0.5, 0.6) is 0 Å². The van der Waals surface area contributed by atoms with Gasteiger partial charge in [-0.2, -0.15) is 0 Å². The second-order valence-electron chi connectivity index (χ2n) is 4.91. The van der Waals surface area contributed by atoms with Gasteiger partial charge in [0.2, 0.25) is 0 Å². The lowest BCUT2D eigenvalue weighted by atomic mass is 9.95. The minimum atomic E-state index is 0.169. The third-order valence-corrected chi connectivity index (χ3v) is 3.62. The van der Waals surface area contributed by atoms with E-state index in [1.807, 2.05) is 31.7 Å². The Morgan fingerprint density at radius 1 is 1.10 bits per heavy atom. The van der Waals surface area contributed by atoms with E-state index >= 15 is 0 Å². The van der Waals surface area contributed by atoms with E-state index in [1.54, 1.807) is 0 Å². The lowest BCUT2D eigenvalue weighted by molar-refractivity contribution is 0.687. The molecule has 0 bridgehead atoms. The van der Waals surface area contributed by atoms with Crippen molar-refractivity contribution >= 4 is 10.9 Å². The third-order valence-electron chi connectivity index (χ3n) is 3.62. The van der Waals surface area contributed by atoms with Crippen LogP contribution < -0.4 is 5.32 Å². The highest BCUT2D eigenvalue weighted by molar-refractivity contribution is 5.79. The number of nitrogens with one attached hydrogen (secondary N) is 1. The summed E-state index contributed by atoms with van der Waals surface area (Å²) in [4.78, 5) is 8.53. The summed E-state index contributed by atoms with van der Waals surface area (Å²) < 4.78 is 0. The van der Waals surface area contributed by atoms with Gasteiger partial charge in [0, 0.05) is 24.0 Å². The van der Waals surface area contributed by atoms with Crippen molar-refractivity contribution in [3.8, 4) is 0 Å². The number of aryl methyl sites for hydroxylation is 1. The zero-order valence-electron chi connectivity index (χ0n) is 11.7. The van der Waals surface area contributed by atoms with Crippen LogP contribution in [0.3, 0.4) is 0 Å². The summed E-state index contributed by atoms with van der Waals surface area (Å²) >= 11 is 0. The summed E-state index contributed by atoms with van der Waals surface area (Å²) in [6.45, 7) is 2.09. The van der Waals surface area contributed by atoms with Crippen LogP contribution in [0.15, 0.2) is 55.0 Å². The molecule has 1 aromatic carbocycles. The summed E-state index contributed by atoms with van der Waals surface area (Å²) in [5.74, 6) is 0. The van der Waals surface area contributed by atoms with Crippen LogP contribution in [-0.4, -0.2) is 17.0 Å². The maximum atomic E-state index is 4.37. The fourth-order valence-electron chi connectivity index (χ4n) is 2.58. The summed E-state index contributed by atoms with van der Waals surface area (Å²) in [5.41, 5.74) is 4.71. The van der Waals surface area contributed by atoms with Crippen molar-refractivity contribution < 1.29 is 0 Å². The first-order valence-corrected chi connectivity index (χ1v) is 6.72. The molecule has 0 aliphatic carbocycles. The third kappa shape index (κ3) is 2.28. The highest BCUT2D eigenvalue weighted by atomic mass is 14.9. The zero-order chi connectivity index (χ0) is 13.9. The van der Waals surface area contributed by atoms with E-state index in [4.69, 9.17) is 0 Å². The molecule has 3 heteroatoms. The Kier molecular flexibility index (Phi) is 3.44. The Morgan fingerprint density at radius 2 is 2.00 bits per heavy atom. The molecule has 0 amide bonds. The highest BCUT2D eigenvalue weighted by Crippen LogP contribution is 2.26. The lowest BCUT2D eigenvalue weighted by Crippen LogP contribution is -2.18. The van der Waals surface area contributed by atoms with Gasteiger partial charge in [0.15, 0.2) is 0 Å². The number of benzene rings is 1. The average molecular weight is 263 g/mol. The largest absolute Gasteiger partial charge is 0.309 e. The van der Waals surface area contributed by atoms with E-state index < -0.39 is 0 Å². The lowest BCUT2D eigenvalue weighted by Gasteiger charge is -2.19. The normalized spacial score (nSPS) is 12.5. The Hall–Kier alpha value is -2.26. The molecule has 3 nitrogen and oxygen atoms in total. The van der Waals surface area contributed by atoms with Gasteiger partial charge in [0.25, 0.3) is 0 Å². The number of pyridine rings is 2. The molecule has 1 unspecified atom stereocenters. The first kappa shape index (κ1) is 12.8.